The molecule has 11 nitrogen and oxygen atoms in total. The van der Waals surface area contributed by atoms with E-state index in [4.69, 9.17) is 5.11 Å². The number of benzene rings is 1. The Morgan fingerprint density at radius 1 is 1.12 bits per heavy atom. The van der Waals surface area contributed by atoms with Crippen LogP contribution in [0, 0.1) is 26.1 Å². The smallest absolute Gasteiger partial charge is 0.326 e. The van der Waals surface area contributed by atoms with Crippen LogP contribution in [0.3, 0.4) is 0 Å². The molecule has 1 amide bonds. The van der Waals surface area contributed by atoms with E-state index in [1.807, 2.05) is 0 Å². The number of non-ortho nitro benzene ring substituents is 1. The lowest BCUT2D eigenvalue weighted by atomic mass is 10.0. The maximum atomic E-state index is 12.1. The molecular formula is C14H18N4O7. The van der Waals surface area contributed by atoms with Crippen LogP contribution in [-0.4, -0.2) is 38.9 Å². The van der Waals surface area contributed by atoms with Gasteiger partial charge in [-0.2, -0.15) is 0 Å². The van der Waals surface area contributed by atoms with E-state index >= 15 is 0 Å². The molecule has 0 saturated carbocycles. The molecule has 1 aromatic carbocycles. The highest BCUT2D eigenvalue weighted by Gasteiger charge is 2.27. The maximum Gasteiger partial charge on any atom is 0.326 e. The highest BCUT2D eigenvalue weighted by atomic mass is 16.6. The number of carboxylic acids is 1. The number of hydrogen-bond acceptors (Lipinski definition) is 7. The lowest BCUT2D eigenvalue weighted by Gasteiger charge is -2.21. The summed E-state index contributed by atoms with van der Waals surface area (Å²) in [5, 5.41) is 35.8. The number of carbonyl (C=O) groups excluding carboxylic acids is 1. The number of carbonyl (C=O) groups is 2. The first-order valence-corrected chi connectivity index (χ1v) is 7.27. The first-order valence-electron chi connectivity index (χ1n) is 7.27. The van der Waals surface area contributed by atoms with E-state index in [1.54, 1.807) is 13.8 Å². The fraction of sp³-hybridized carbons (Fsp3) is 0.429. The van der Waals surface area contributed by atoms with Crippen molar-refractivity contribution >= 4 is 28.9 Å². The summed E-state index contributed by atoms with van der Waals surface area (Å²) >= 11 is 0. The highest BCUT2D eigenvalue weighted by molar-refractivity contribution is 5.89. The van der Waals surface area contributed by atoms with Crippen molar-refractivity contribution in [3.05, 3.63) is 38.4 Å². The third-order valence-electron chi connectivity index (χ3n) is 3.38. The minimum atomic E-state index is -1.20. The highest BCUT2D eigenvalue weighted by Crippen LogP contribution is 2.29. The van der Waals surface area contributed by atoms with Crippen molar-refractivity contribution in [3.63, 3.8) is 0 Å². The van der Waals surface area contributed by atoms with E-state index in [0.717, 1.165) is 18.2 Å². The molecule has 0 unspecified atom stereocenters. The van der Waals surface area contributed by atoms with Crippen molar-refractivity contribution in [1.29, 1.82) is 0 Å². The van der Waals surface area contributed by atoms with Crippen LogP contribution in [0.25, 0.3) is 0 Å². The minimum absolute atomic E-state index is 0.0883. The Hall–Kier alpha value is -3.24. The zero-order valence-electron chi connectivity index (χ0n) is 13.8. The lowest BCUT2D eigenvalue weighted by molar-refractivity contribution is -0.393. The van der Waals surface area contributed by atoms with Crippen molar-refractivity contribution in [1.82, 2.24) is 5.32 Å². The number of nitro groups is 2. The van der Waals surface area contributed by atoms with Gasteiger partial charge in [0.15, 0.2) is 0 Å². The molecule has 136 valence electrons. The average molecular weight is 354 g/mol. The monoisotopic (exact) mass is 354 g/mol. The Balaban J connectivity index is 2.97. The van der Waals surface area contributed by atoms with Crippen molar-refractivity contribution in [2.24, 2.45) is 5.92 Å². The predicted molar refractivity (Wildman–Crippen MR) is 87.2 cm³/mol. The zero-order valence-corrected chi connectivity index (χ0v) is 13.8. The van der Waals surface area contributed by atoms with Gasteiger partial charge in [-0.05, 0) is 18.9 Å². The molecule has 1 aromatic rings. The van der Waals surface area contributed by atoms with Crippen molar-refractivity contribution < 1.29 is 24.5 Å². The van der Waals surface area contributed by atoms with Gasteiger partial charge in [-0.15, -0.1) is 0 Å². The standard InChI is InChI=1S/C14H18N4O7/c1-7(2)12(14(20)21)16-13(19)8(3)15-10-5-4-9(17(22)23)6-11(10)18(24)25/h4-8,12,15H,1-3H3,(H,16,19)(H,20,21)/t8-,12-/m0/s1. The van der Waals surface area contributed by atoms with Crippen molar-refractivity contribution in [3.8, 4) is 0 Å². The number of nitrogens with one attached hydrogen (secondary N) is 2. The number of carboxylic acid groups (broad SMARTS) is 1. The SMILES string of the molecule is CC(C)[C@H](NC(=O)[C@H](C)Nc1ccc([N+](=O)[O-])cc1[N+](=O)[O-])C(=O)O. The molecule has 2 atom stereocenters. The van der Waals surface area contributed by atoms with Crippen LogP contribution in [0.2, 0.25) is 0 Å². The topological polar surface area (TPSA) is 165 Å². The van der Waals surface area contributed by atoms with Crippen LogP contribution >= 0.6 is 0 Å². The van der Waals surface area contributed by atoms with Crippen LogP contribution in [0.15, 0.2) is 18.2 Å². The second-order valence-electron chi connectivity index (χ2n) is 5.65. The van der Waals surface area contributed by atoms with E-state index < -0.39 is 45.2 Å². The number of nitrogens with zero attached hydrogens (tertiary/aromatic N) is 2. The van der Waals surface area contributed by atoms with E-state index in [0.29, 0.717) is 0 Å². The van der Waals surface area contributed by atoms with Gasteiger partial charge in [0.05, 0.1) is 15.9 Å². The molecular weight excluding hydrogens is 336 g/mol. The fourth-order valence-electron chi connectivity index (χ4n) is 2.00. The van der Waals surface area contributed by atoms with Gasteiger partial charge in [-0.3, -0.25) is 25.0 Å². The Labute approximate surface area is 142 Å². The number of rotatable bonds is 8. The summed E-state index contributed by atoms with van der Waals surface area (Å²) in [7, 11) is 0. The van der Waals surface area contributed by atoms with Crippen LogP contribution < -0.4 is 10.6 Å². The van der Waals surface area contributed by atoms with E-state index in [9.17, 15) is 29.8 Å². The molecule has 0 saturated heterocycles. The minimum Gasteiger partial charge on any atom is -0.480 e. The largest absolute Gasteiger partial charge is 0.480 e. The summed E-state index contributed by atoms with van der Waals surface area (Å²) in [6, 6.07) is 0.858. The molecule has 3 N–H and O–H groups in total. The maximum absolute atomic E-state index is 12.1. The number of hydrogen-bond donors (Lipinski definition) is 3. The quantitative estimate of drug-likeness (QED) is 0.467. The zero-order chi connectivity index (χ0) is 19.3. The second kappa shape index (κ2) is 8.04. The molecule has 25 heavy (non-hydrogen) atoms. The molecule has 0 aliphatic rings. The predicted octanol–water partition coefficient (Wildman–Crippen LogP) is 1.53. The molecule has 11 heteroatoms. The van der Waals surface area contributed by atoms with Gasteiger partial charge in [-0.25, -0.2) is 4.79 Å². The molecule has 1 rings (SSSR count). The molecule has 0 fully saturated rings. The summed E-state index contributed by atoms with van der Waals surface area (Å²) in [4.78, 5) is 43.4. The van der Waals surface area contributed by atoms with Crippen LogP contribution in [0.4, 0.5) is 17.1 Å². The van der Waals surface area contributed by atoms with Gasteiger partial charge < -0.3 is 15.7 Å². The molecule has 0 aliphatic heterocycles. The third-order valence-corrected chi connectivity index (χ3v) is 3.38. The normalized spacial score (nSPS) is 13.0. The third kappa shape index (κ3) is 5.12. The summed E-state index contributed by atoms with van der Waals surface area (Å²) in [6.07, 6.45) is 0. The molecule has 0 aliphatic carbocycles. The molecule has 0 heterocycles. The van der Waals surface area contributed by atoms with E-state index in [1.165, 1.54) is 6.92 Å². The van der Waals surface area contributed by atoms with Gasteiger partial charge in [0.25, 0.3) is 11.4 Å². The number of anilines is 1. The summed E-state index contributed by atoms with van der Waals surface area (Å²) < 4.78 is 0. The Morgan fingerprint density at radius 2 is 1.72 bits per heavy atom. The fourth-order valence-corrected chi connectivity index (χ4v) is 2.00. The van der Waals surface area contributed by atoms with Crippen LogP contribution in [-0.2, 0) is 9.59 Å². The summed E-state index contributed by atoms with van der Waals surface area (Å²) in [5.41, 5.74) is -1.11. The van der Waals surface area contributed by atoms with Gasteiger partial charge in [0, 0.05) is 6.07 Å². The van der Waals surface area contributed by atoms with Gasteiger partial charge in [0.2, 0.25) is 5.91 Å². The Morgan fingerprint density at radius 3 is 2.16 bits per heavy atom. The van der Waals surface area contributed by atoms with Crippen LogP contribution in [0.1, 0.15) is 20.8 Å². The molecule has 0 radical (unpaired) electrons. The Kier molecular flexibility index (Phi) is 6.37. The van der Waals surface area contributed by atoms with Gasteiger partial charge >= 0.3 is 5.97 Å². The van der Waals surface area contributed by atoms with E-state index in [2.05, 4.69) is 10.6 Å². The number of aliphatic carboxylic acids is 1. The van der Waals surface area contributed by atoms with E-state index in [-0.39, 0.29) is 11.6 Å². The molecule has 0 aromatic heterocycles. The number of nitro benzene ring substituents is 2. The van der Waals surface area contributed by atoms with Crippen LogP contribution in [0.5, 0.6) is 0 Å². The summed E-state index contributed by atoms with van der Waals surface area (Å²) in [6.45, 7) is 4.64. The molecule has 0 bridgehead atoms. The average Bonchev–Trinajstić information content (AvgIpc) is 2.51. The molecule has 0 spiro atoms. The number of amides is 1. The van der Waals surface area contributed by atoms with Crippen molar-refractivity contribution in [2.45, 2.75) is 32.9 Å². The Bertz CT molecular complexity index is 704. The summed E-state index contributed by atoms with van der Waals surface area (Å²) in [5.74, 6) is -2.23. The first-order chi connectivity index (χ1) is 11.5. The van der Waals surface area contributed by atoms with Gasteiger partial charge in [0.1, 0.15) is 17.8 Å². The lowest BCUT2D eigenvalue weighted by Crippen LogP contribution is -2.49. The van der Waals surface area contributed by atoms with Crippen molar-refractivity contribution in [2.75, 3.05) is 5.32 Å². The van der Waals surface area contributed by atoms with Gasteiger partial charge in [-0.1, -0.05) is 13.8 Å². The second-order valence-corrected chi connectivity index (χ2v) is 5.65. The first kappa shape index (κ1) is 19.8.